The number of rotatable bonds is 5. The summed E-state index contributed by atoms with van der Waals surface area (Å²) in [6.07, 6.45) is 1.79. The van der Waals surface area contributed by atoms with Gasteiger partial charge >= 0.3 is 5.97 Å². The number of ether oxygens (including phenoxy) is 1. The number of sulfonamides is 1. The van der Waals surface area contributed by atoms with Crippen LogP contribution >= 0.6 is 12.4 Å². The van der Waals surface area contributed by atoms with Gasteiger partial charge in [-0.25, -0.2) is 13.2 Å². The Morgan fingerprint density at radius 2 is 2.15 bits per heavy atom. The minimum atomic E-state index is -3.60. The van der Waals surface area contributed by atoms with Crippen LogP contribution in [0.3, 0.4) is 0 Å². The van der Waals surface area contributed by atoms with Crippen molar-refractivity contribution < 1.29 is 22.4 Å². The molecule has 1 aliphatic heterocycles. The summed E-state index contributed by atoms with van der Waals surface area (Å²) in [4.78, 5) is 12.2. The average molecular weight is 417 g/mol. The molecule has 1 aromatic carbocycles. The van der Waals surface area contributed by atoms with E-state index in [0.717, 1.165) is 12.8 Å². The van der Waals surface area contributed by atoms with Crippen LogP contribution in [0.1, 0.15) is 35.9 Å². The Morgan fingerprint density at radius 3 is 2.81 bits per heavy atom. The number of piperidine rings is 1. The lowest BCUT2D eigenvalue weighted by Gasteiger charge is -2.31. The van der Waals surface area contributed by atoms with Gasteiger partial charge in [0.25, 0.3) is 0 Å². The molecule has 3 rings (SSSR count). The zero-order chi connectivity index (χ0) is 18.9. The zero-order valence-electron chi connectivity index (χ0n) is 15.6. The van der Waals surface area contributed by atoms with Gasteiger partial charge in [0, 0.05) is 30.1 Å². The molecule has 27 heavy (non-hydrogen) atoms. The van der Waals surface area contributed by atoms with Crippen molar-refractivity contribution in [2.75, 3.05) is 26.7 Å². The minimum Gasteiger partial charge on any atom is -0.460 e. The largest absolute Gasteiger partial charge is 0.460 e. The van der Waals surface area contributed by atoms with Crippen molar-refractivity contribution >= 4 is 39.4 Å². The third kappa shape index (κ3) is 4.13. The van der Waals surface area contributed by atoms with Crippen LogP contribution in [0, 0.1) is 6.92 Å². The normalized spacial score (nSPS) is 18.3. The molecule has 0 bridgehead atoms. The summed E-state index contributed by atoms with van der Waals surface area (Å²) in [6.45, 7) is 4.66. The lowest BCUT2D eigenvalue weighted by atomic mass is 10.1. The molecule has 2 heterocycles. The molecule has 1 saturated heterocycles. The van der Waals surface area contributed by atoms with Crippen molar-refractivity contribution in [3.05, 3.63) is 29.5 Å². The van der Waals surface area contributed by atoms with Gasteiger partial charge in [-0.05, 0) is 51.9 Å². The monoisotopic (exact) mass is 416 g/mol. The Kier molecular flexibility index (Phi) is 6.91. The van der Waals surface area contributed by atoms with Gasteiger partial charge in [-0.1, -0.05) is 0 Å². The van der Waals surface area contributed by atoms with E-state index >= 15 is 0 Å². The molecule has 1 unspecified atom stereocenters. The maximum atomic E-state index is 13.0. The first kappa shape index (κ1) is 21.7. The third-order valence-corrected chi connectivity index (χ3v) is 6.66. The number of hydrogen-bond donors (Lipinski definition) is 1. The molecular formula is C18H25ClN2O5S. The summed E-state index contributed by atoms with van der Waals surface area (Å²) < 4.78 is 38.1. The minimum absolute atomic E-state index is 0. The number of nitrogens with one attached hydrogen (secondary N) is 1. The van der Waals surface area contributed by atoms with Crippen LogP contribution in [0.2, 0.25) is 0 Å². The smallest absolute Gasteiger partial charge is 0.374 e. The summed E-state index contributed by atoms with van der Waals surface area (Å²) in [5.41, 5.74) is 1.05. The number of furan rings is 1. The second kappa shape index (κ2) is 8.60. The van der Waals surface area contributed by atoms with Crippen molar-refractivity contribution in [3.63, 3.8) is 0 Å². The first-order chi connectivity index (χ1) is 12.4. The van der Waals surface area contributed by atoms with E-state index in [-0.39, 0.29) is 35.7 Å². The van der Waals surface area contributed by atoms with E-state index in [1.54, 1.807) is 26.0 Å². The standard InChI is InChI=1S/C18H24N2O5S.ClH/c1-4-24-18(21)17-12(2)15-10-14(7-8-16(15)25-17)26(22,23)20-9-5-6-13(11-20)19-3;/h7-8,10,13,19H,4-6,9,11H2,1-3H3;1H. The molecule has 0 spiro atoms. The maximum absolute atomic E-state index is 13.0. The fraction of sp³-hybridized carbons (Fsp3) is 0.500. The molecule has 0 radical (unpaired) electrons. The number of aryl methyl sites for hydroxylation is 1. The van der Waals surface area contributed by atoms with Gasteiger partial charge in [0.05, 0.1) is 11.5 Å². The second-order valence-corrected chi connectivity index (χ2v) is 8.36. The first-order valence-corrected chi connectivity index (χ1v) is 10.2. The lowest BCUT2D eigenvalue weighted by molar-refractivity contribution is 0.0491. The summed E-state index contributed by atoms with van der Waals surface area (Å²) in [7, 11) is -1.75. The summed E-state index contributed by atoms with van der Waals surface area (Å²) in [5, 5.41) is 3.76. The lowest BCUT2D eigenvalue weighted by Crippen LogP contribution is -2.46. The molecular weight excluding hydrogens is 392 g/mol. The van der Waals surface area contributed by atoms with E-state index in [1.807, 2.05) is 7.05 Å². The summed E-state index contributed by atoms with van der Waals surface area (Å²) >= 11 is 0. The third-order valence-electron chi connectivity index (χ3n) is 4.80. The van der Waals surface area contributed by atoms with E-state index in [4.69, 9.17) is 9.15 Å². The average Bonchev–Trinajstić information content (AvgIpc) is 2.98. The Morgan fingerprint density at radius 1 is 1.41 bits per heavy atom. The highest BCUT2D eigenvalue weighted by Gasteiger charge is 2.30. The van der Waals surface area contributed by atoms with E-state index in [0.29, 0.717) is 29.6 Å². The molecule has 0 aliphatic carbocycles. The van der Waals surface area contributed by atoms with Crippen LogP contribution in [0.25, 0.3) is 11.0 Å². The topological polar surface area (TPSA) is 88.8 Å². The number of carbonyl (C=O) groups excluding carboxylic acids is 1. The quantitative estimate of drug-likeness (QED) is 0.754. The summed E-state index contributed by atoms with van der Waals surface area (Å²) in [5.74, 6) is -0.428. The SMILES string of the molecule is CCOC(=O)c1oc2ccc(S(=O)(=O)N3CCCC(NC)C3)cc2c1C.Cl. The Bertz CT molecular complexity index is 925. The molecule has 9 heteroatoms. The van der Waals surface area contributed by atoms with E-state index in [2.05, 4.69) is 5.32 Å². The van der Waals surface area contributed by atoms with Crippen LogP contribution < -0.4 is 5.32 Å². The summed E-state index contributed by atoms with van der Waals surface area (Å²) in [6, 6.07) is 4.86. The van der Waals surface area contributed by atoms with Crippen LogP contribution in [-0.4, -0.2) is 51.5 Å². The maximum Gasteiger partial charge on any atom is 0.374 e. The highest BCUT2D eigenvalue weighted by Crippen LogP contribution is 2.30. The van der Waals surface area contributed by atoms with E-state index in [1.165, 1.54) is 10.4 Å². The Labute approximate surface area is 165 Å². The number of esters is 1. The Hall–Kier alpha value is -1.61. The van der Waals surface area contributed by atoms with Crippen molar-refractivity contribution in [1.82, 2.24) is 9.62 Å². The molecule has 0 saturated carbocycles. The Balaban J connectivity index is 0.00000261. The van der Waals surface area contributed by atoms with Gasteiger partial charge in [-0.3, -0.25) is 0 Å². The number of carbonyl (C=O) groups is 1. The molecule has 1 atom stereocenters. The number of hydrogen-bond acceptors (Lipinski definition) is 6. The number of halogens is 1. The van der Waals surface area contributed by atoms with Crippen LogP contribution in [0.5, 0.6) is 0 Å². The molecule has 1 fully saturated rings. The van der Waals surface area contributed by atoms with Crippen LogP contribution in [0.15, 0.2) is 27.5 Å². The molecule has 7 nitrogen and oxygen atoms in total. The molecule has 150 valence electrons. The highest BCUT2D eigenvalue weighted by molar-refractivity contribution is 7.89. The van der Waals surface area contributed by atoms with Gasteiger partial charge in [0.15, 0.2) is 0 Å². The zero-order valence-corrected chi connectivity index (χ0v) is 17.3. The number of fused-ring (bicyclic) bond motifs is 1. The fourth-order valence-corrected chi connectivity index (χ4v) is 4.85. The number of nitrogens with zero attached hydrogens (tertiary/aromatic N) is 1. The highest BCUT2D eigenvalue weighted by atomic mass is 35.5. The molecule has 2 aromatic rings. The van der Waals surface area contributed by atoms with Gasteiger partial charge in [0.2, 0.25) is 15.8 Å². The van der Waals surface area contributed by atoms with Crippen LogP contribution in [0.4, 0.5) is 0 Å². The second-order valence-electron chi connectivity index (χ2n) is 6.43. The first-order valence-electron chi connectivity index (χ1n) is 8.76. The predicted molar refractivity (Wildman–Crippen MR) is 105 cm³/mol. The van der Waals surface area contributed by atoms with Crippen molar-refractivity contribution in [2.45, 2.75) is 37.6 Å². The molecule has 1 aromatic heterocycles. The van der Waals surface area contributed by atoms with Crippen molar-refractivity contribution in [2.24, 2.45) is 0 Å². The van der Waals surface area contributed by atoms with E-state index < -0.39 is 16.0 Å². The van der Waals surface area contributed by atoms with E-state index in [9.17, 15) is 13.2 Å². The molecule has 0 amide bonds. The van der Waals surface area contributed by atoms with Crippen molar-refractivity contribution in [3.8, 4) is 0 Å². The van der Waals surface area contributed by atoms with Gasteiger partial charge in [-0.15, -0.1) is 12.4 Å². The predicted octanol–water partition coefficient (Wildman–Crippen LogP) is 2.71. The number of benzene rings is 1. The van der Waals surface area contributed by atoms with Gasteiger partial charge in [0.1, 0.15) is 5.58 Å². The van der Waals surface area contributed by atoms with Crippen molar-refractivity contribution in [1.29, 1.82) is 0 Å². The van der Waals surface area contributed by atoms with Gasteiger partial charge in [-0.2, -0.15) is 4.31 Å². The van der Waals surface area contributed by atoms with Gasteiger partial charge < -0.3 is 14.5 Å². The number of likely N-dealkylation sites (N-methyl/N-ethyl adjacent to an activating group) is 1. The molecule has 1 aliphatic rings. The molecule has 1 N–H and O–H groups in total. The fourth-order valence-electron chi connectivity index (χ4n) is 3.30. The van der Waals surface area contributed by atoms with Crippen LogP contribution in [-0.2, 0) is 14.8 Å².